The number of furan rings is 1. The summed E-state index contributed by atoms with van der Waals surface area (Å²) in [5.74, 6) is 0.854. The molecule has 0 unspecified atom stereocenters. The largest absolute Gasteiger partial charge is 0.464 e. The second-order valence-electron chi connectivity index (χ2n) is 7.83. The van der Waals surface area contributed by atoms with Gasteiger partial charge in [-0.25, -0.2) is 8.42 Å². The zero-order valence-electron chi connectivity index (χ0n) is 19.5. The summed E-state index contributed by atoms with van der Waals surface area (Å²) in [5.41, 5.74) is 0.650. The molecule has 0 aliphatic rings. The van der Waals surface area contributed by atoms with Crippen molar-refractivity contribution in [2.75, 3.05) is 26.8 Å². The van der Waals surface area contributed by atoms with E-state index in [1.54, 1.807) is 19.1 Å². The lowest BCUT2D eigenvalue weighted by atomic mass is 10.2. The molecule has 0 N–H and O–H groups in total. The number of carbonyl (C=O) groups is 1. The zero-order valence-corrected chi connectivity index (χ0v) is 20.3. The highest BCUT2D eigenvalue weighted by atomic mass is 32.2. The highest BCUT2D eigenvalue weighted by Crippen LogP contribution is 2.21. The van der Waals surface area contributed by atoms with E-state index in [4.69, 9.17) is 9.15 Å². The number of carbonyl (C=O) groups excluding carboxylic acids is 1. The maximum absolute atomic E-state index is 13.4. The maximum atomic E-state index is 13.4. The number of nitro benzene ring substituents is 1. The fourth-order valence-electron chi connectivity index (χ4n) is 3.41. The number of methoxy groups -OCH3 is 1. The second kappa shape index (κ2) is 11.7. The van der Waals surface area contributed by atoms with Crippen molar-refractivity contribution in [2.24, 2.45) is 0 Å². The Labute approximate surface area is 203 Å². The molecule has 35 heavy (non-hydrogen) atoms. The first-order chi connectivity index (χ1) is 16.7. The number of ether oxygens (including phenoxy) is 1. The molecule has 2 aromatic carbocycles. The van der Waals surface area contributed by atoms with E-state index < -0.39 is 27.4 Å². The SMILES string of the molecule is COCCN(CC(=O)N(Cc1ccccc1)Cc1ccc(C)o1)S(=O)(=O)c1ccc([N+](=O)[O-])cc1. The molecule has 0 aliphatic heterocycles. The van der Waals surface area contributed by atoms with Gasteiger partial charge < -0.3 is 14.1 Å². The highest BCUT2D eigenvalue weighted by Gasteiger charge is 2.29. The van der Waals surface area contributed by atoms with Crippen molar-refractivity contribution in [2.45, 2.75) is 24.9 Å². The number of hydrogen-bond acceptors (Lipinski definition) is 7. The molecule has 0 saturated carbocycles. The molecule has 1 heterocycles. The van der Waals surface area contributed by atoms with Gasteiger partial charge in [0.15, 0.2) is 0 Å². The van der Waals surface area contributed by atoms with Gasteiger partial charge in [0, 0.05) is 32.3 Å². The summed E-state index contributed by atoms with van der Waals surface area (Å²) in [7, 11) is -2.70. The minimum absolute atomic E-state index is 0.0650. The average molecular weight is 502 g/mol. The van der Waals surface area contributed by atoms with E-state index in [1.165, 1.54) is 12.0 Å². The van der Waals surface area contributed by atoms with Gasteiger partial charge in [-0.05, 0) is 36.8 Å². The minimum Gasteiger partial charge on any atom is -0.464 e. The Hall–Kier alpha value is -3.54. The van der Waals surface area contributed by atoms with Gasteiger partial charge in [0.05, 0.1) is 29.5 Å². The first kappa shape index (κ1) is 26.1. The van der Waals surface area contributed by atoms with Crippen LogP contribution in [0.15, 0.2) is 76.0 Å². The van der Waals surface area contributed by atoms with Gasteiger partial charge in [0.2, 0.25) is 15.9 Å². The van der Waals surface area contributed by atoms with Crippen LogP contribution in [0.2, 0.25) is 0 Å². The number of aryl methyl sites for hydroxylation is 1. The van der Waals surface area contributed by atoms with Gasteiger partial charge in [0.1, 0.15) is 11.5 Å². The molecule has 0 radical (unpaired) electrons. The molecule has 3 aromatic rings. The van der Waals surface area contributed by atoms with Gasteiger partial charge >= 0.3 is 0 Å². The first-order valence-corrected chi connectivity index (χ1v) is 12.3. The van der Waals surface area contributed by atoms with Crippen molar-refractivity contribution in [1.29, 1.82) is 0 Å². The third-order valence-electron chi connectivity index (χ3n) is 5.25. The summed E-state index contributed by atoms with van der Waals surface area (Å²) in [6.45, 7) is 1.79. The van der Waals surface area contributed by atoms with Crippen molar-refractivity contribution in [3.63, 3.8) is 0 Å². The molecule has 11 heteroatoms. The summed E-state index contributed by atoms with van der Waals surface area (Å²) in [4.78, 5) is 25.1. The van der Waals surface area contributed by atoms with E-state index in [0.717, 1.165) is 34.1 Å². The highest BCUT2D eigenvalue weighted by molar-refractivity contribution is 7.89. The molecule has 1 amide bonds. The predicted octanol–water partition coefficient (Wildman–Crippen LogP) is 3.36. The number of amides is 1. The van der Waals surface area contributed by atoms with Gasteiger partial charge in [-0.15, -0.1) is 0 Å². The third kappa shape index (κ3) is 6.98. The van der Waals surface area contributed by atoms with E-state index in [0.29, 0.717) is 11.5 Å². The number of non-ortho nitro benzene ring substituents is 1. The van der Waals surface area contributed by atoms with Crippen LogP contribution in [0.4, 0.5) is 5.69 Å². The van der Waals surface area contributed by atoms with Gasteiger partial charge in [-0.2, -0.15) is 4.31 Å². The van der Waals surface area contributed by atoms with Crippen LogP contribution < -0.4 is 0 Å². The van der Waals surface area contributed by atoms with E-state index in [2.05, 4.69) is 0 Å². The van der Waals surface area contributed by atoms with E-state index >= 15 is 0 Å². The van der Waals surface area contributed by atoms with E-state index in [-0.39, 0.29) is 36.8 Å². The lowest BCUT2D eigenvalue weighted by Crippen LogP contribution is -2.43. The Morgan fingerprint density at radius 3 is 2.29 bits per heavy atom. The monoisotopic (exact) mass is 501 g/mol. The van der Waals surface area contributed by atoms with Crippen LogP contribution in [0.3, 0.4) is 0 Å². The molecular weight excluding hydrogens is 474 g/mol. The number of benzene rings is 2. The summed E-state index contributed by atoms with van der Waals surface area (Å²) >= 11 is 0. The maximum Gasteiger partial charge on any atom is 0.269 e. The molecule has 1 aromatic heterocycles. The minimum atomic E-state index is -4.13. The Morgan fingerprint density at radius 1 is 1.03 bits per heavy atom. The first-order valence-electron chi connectivity index (χ1n) is 10.8. The molecular formula is C24H27N3O7S. The summed E-state index contributed by atoms with van der Waals surface area (Å²) in [6.07, 6.45) is 0. The molecule has 0 fully saturated rings. The summed E-state index contributed by atoms with van der Waals surface area (Å²) in [5, 5.41) is 10.9. The molecule has 0 atom stereocenters. The Kier molecular flexibility index (Phi) is 8.74. The lowest BCUT2D eigenvalue weighted by Gasteiger charge is -2.27. The molecule has 10 nitrogen and oxygen atoms in total. The number of hydrogen-bond donors (Lipinski definition) is 0. The van der Waals surface area contributed by atoms with Crippen LogP contribution >= 0.6 is 0 Å². The number of nitro groups is 1. The standard InChI is InChI=1S/C24H27N3O7S/c1-19-8-11-22(34-19)17-25(16-20-6-4-3-5-7-20)24(28)18-26(14-15-33-2)35(31,32)23-12-9-21(10-13-23)27(29)30/h3-13H,14-18H2,1-2H3. The second-order valence-corrected chi connectivity index (χ2v) is 9.77. The average Bonchev–Trinajstić information content (AvgIpc) is 3.26. The summed E-state index contributed by atoms with van der Waals surface area (Å²) < 4.78 is 38.3. The Morgan fingerprint density at radius 2 is 1.71 bits per heavy atom. The molecule has 186 valence electrons. The third-order valence-corrected chi connectivity index (χ3v) is 7.11. The number of rotatable bonds is 12. The smallest absolute Gasteiger partial charge is 0.269 e. The van der Waals surface area contributed by atoms with E-state index in [1.807, 2.05) is 30.3 Å². The van der Waals surface area contributed by atoms with Gasteiger partial charge in [-0.3, -0.25) is 14.9 Å². The van der Waals surface area contributed by atoms with Crippen molar-refractivity contribution in [3.8, 4) is 0 Å². The molecule has 3 rings (SSSR count). The Balaban J connectivity index is 1.86. The zero-order chi connectivity index (χ0) is 25.4. The molecule has 0 bridgehead atoms. The lowest BCUT2D eigenvalue weighted by molar-refractivity contribution is -0.384. The van der Waals surface area contributed by atoms with E-state index in [9.17, 15) is 23.3 Å². The van der Waals surface area contributed by atoms with Crippen LogP contribution in [0.5, 0.6) is 0 Å². The molecule has 0 spiro atoms. The molecule has 0 aliphatic carbocycles. The van der Waals surface area contributed by atoms with Crippen molar-refractivity contribution < 1.29 is 27.3 Å². The summed E-state index contributed by atoms with van der Waals surface area (Å²) in [6, 6.07) is 17.5. The Bertz CT molecular complexity index is 1240. The fourth-order valence-corrected chi connectivity index (χ4v) is 4.78. The van der Waals surface area contributed by atoms with Gasteiger partial charge in [-0.1, -0.05) is 30.3 Å². The predicted molar refractivity (Wildman–Crippen MR) is 128 cm³/mol. The normalized spacial score (nSPS) is 11.5. The van der Waals surface area contributed by atoms with Gasteiger partial charge in [0.25, 0.3) is 5.69 Å². The fraction of sp³-hybridized carbons (Fsp3) is 0.292. The van der Waals surface area contributed by atoms with Crippen molar-refractivity contribution in [3.05, 3.63) is 93.9 Å². The van der Waals surface area contributed by atoms with Crippen LogP contribution in [-0.4, -0.2) is 55.3 Å². The van der Waals surface area contributed by atoms with Crippen LogP contribution in [0.1, 0.15) is 17.1 Å². The number of sulfonamides is 1. The topological polar surface area (TPSA) is 123 Å². The van der Waals surface area contributed by atoms with Crippen molar-refractivity contribution >= 4 is 21.6 Å². The van der Waals surface area contributed by atoms with Crippen LogP contribution in [-0.2, 0) is 32.6 Å². The number of nitrogens with zero attached hydrogens (tertiary/aromatic N) is 3. The molecule has 0 saturated heterocycles. The van der Waals surface area contributed by atoms with Crippen LogP contribution in [0.25, 0.3) is 0 Å². The van der Waals surface area contributed by atoms with Crippen LogP contribution in [0, 0.1) is 17.0 Å². The van der Waals surface area contributed by atoms with Crippen molar-refractivity contribution in [1.82, 2.24) is 9.21 Å². The quantitative estimate of drug-likeness (QED) is 0.275.